The van der Waals surface area contributed by atoms with E-state index < -0.39 is 0 Å². The number of rotatable bonds is 4. The van der Waals surface area contributed by atoms with Gasteiger partial charge in [-0.3, -0.25) is 4.79 Å². The van der Waals surface area contributed by atoms with E-state index in [0.717, 1.165) is 21.2 Å². The first kappa shape index (κ1) is 10.8. The number of aromatic nitrogens is 2. The SMILES string of the molecule is CNc1ccc2nc(CCC(N)=O)sc2n1. The number of pyridine rings is 1. The summed E-state index contributed by atoms with van der Waals surface area (Å²) in [4.78, 5) is 20.3. The summed E-state index contributed by atoms with van der Waals surface area (Å²) in [6, 6.07) is 3.79. The predicted molar refractivity (Wildman–Crippen MR) is 64.5 cm³/mol. The second kappa shape index (κ2) is 4.44. The van der Waals surface area contributed by atoms with Gasteiger partial charge in [-0.15, -0.1) is 0 Å². The van der Waals surface area contributed by atoms with Gasteiger partial charge >= 0.3 is 0 Å². The normalized spacial score (nSPS) is 10.6. The van der Waals surface area contributed by atoms with Crippen LogP contribution in [0.15, 0.2) is 12.1 Å². The van der Waals surface area contributed by atoms with Crippen molar-refractivity contribution in [3.05, 3.63) is 17.1 Å². The zero-order chi connectivity index (χ0) is 11.5. The molecular weight excluding hydrogens is 224 g/mol. The molecule has 2 rings (SSSR count). The summed E-state index contributed by atoms with van der Waals surface area (Å²) in [5.41, 5.74) is 5.96. The van der Waals surface area contributed by atoms with E-state index in [9.17, 15) is 4.79 Å². The molecule has 0 saturated carbocycles. The van der Waals surface area contributed by atoms with Gasteiger partial charge in [-0.1, -0.05) is 11.3 Å². The fourth-order valence-corrected chi connectivity index (χ4v) is 2.27. The second-order valence-corrected chi connectivity index (χ2v) is 4.41. The van der Waals surface area contributed by atoms with Crippen LogP contribution in [0.5, 0.6) is 0 Å². The summed E-state index contributed by atoms with van der Waals surface area (Å²) in [5, 5.41) is 3.87. The molecule has 84 valence electrons. The van der Waals surface area contributed by atoms with E-state index in [-0.39, 0.29) is 5.91 Å². The standard InChI is InChI=1S/C10H12N4OS/c1-12-8-4-2-6-10(14-8)16-9(13-6)5-3-7(11)15/h2,4H,3,5H2,1H3,(H2,11,15)(H,12,14). The fourth-order valence-electron chi connectivity index (χ4n) is 1.34. The molecule has 16 heavy (non-hydrogen) atoms. The maximum Gasteiger partial charge on any atom is 0.217 e. The van der Waals surface area contributed by atoms with Crippen LogP contribution in [-0.2, 0) is 11.2 Å². The van der Waals surface area contributed by atoms with E-state index in [2.05, 4.69) is 15.3 Å². The highest BCUT2D eigenvalue weighted by Gasteiger charge is 2.06. The number of primary amides is 1. The van der Waals surface area contributed by atoms with Crippen molar-refractivity contribution in [2.45, 2.75) is 12.8 Å². The molecule has 0 bridgehead atoms. The molecule has 2 aromatic rings. The average molecular weight is 236 g/mol. The van der Waals surface area contributed by atoms with Gasteiger partial charge in [-0.05, 0) is 12.1 Å². The van der Waals surface area contributed by atoms with Gasteiger partial charge in [0.15, 0.2) is 0 Å². The van der Waals surface area contributed by atoms with E-state index in [1.165, 1.54) is 11.3 Å². The third kappa shape index (κ3) is 2.27. The number of hydrogen-bond donors (Lipinski definition) is 2. The summed E-state index contributed by atoms with van der Waals surface area (Å²) in [6.07, 6.45) is 0.921. The van der Waals surface area contributed by atoms with Crippen LogP contribution < -0.4 is 11.1 Å². The van der Waals surface area contributed by atoms with Crippen LogP contribution in [0.1, 0.15) is 11.4 Å². The minimum Gasteiger partial charge on any atom is -0.373 e. The molecule has 0 aliphatic heterocycles. The Morgan fingerprint density at radius 2 is 2.31 bits per heavy atom. The molecule has 0 spiro atoms. The average Bonchev–Trinajstić information content (AvgIpc) is 2.67. The Kier molecular flexibility index (Phi) is 3.00. The van der Waals surface area contributed by atoms with E-state index >= 15 is 0 Å². The fraction of sp³-hybridized carbons (Fsp3) is 0.300. The van der Waals surface area contributed by atoms with Gasteiger partial charge in [0.25, 0.3) is 0 Å². The molecule has 0 aliphatic carbocycles. The molecule has 0 aromatic carbocycles. The van der Waals surface area contributed by atoms with E-state index in [1.807, 2.05) is 19.2 Å². The maximum absolute atomic E-state index is 10.7. The van der Waals surface area contributed by atoms with E-state index in [4.69, 9.17) is 5.73 Å². The number of amides is 1. The number of hydrogen-bond acceptors (Lipinski definition) is 5. The van der Waals surface area contributed by atoms with Crippen molar-refractivity contribution in [1.82, 2.24) is 9.97 Å². The van der Waals surface area contributed by atoms with Gasteiger partial charge in [-0.25, -0.2) is 9.97 Å². The number of aryl methyl sites for hydroxylation is 1. The first-order valence-electron chi connectivity index (χ1n) is 4.91. The molecule has 2 heterocycles. The zero-order valence-corrected chi connectivity index (χ0v) is 9.67. The Bertz CT molecular complexity index is 523. The predicted octanol–water partition coefficient (Wildman–Crippen LogP) is 1.15. The molecule has 0 saturated heterocycles. The molecule has 1 amide bonds. The number of anilines is 1. The molecular formula is C10H12N4OS. The molecule has 6 heteroatoms. The van der Waals surface area contributed by atoms with Crippen molar-refractivity contribution < 1.29 is 4.79 Å². The minimum atomic E-state index is -0.303. The van der Waals surface area contributed by atoms with Crippen LogP contribution >= 0.6 is 11.3 Å². The van der Waals surface area contributed by atoms with Crippen LogP contribution in [0.4, 0.5) is 5.82 Å². The van der Waals surface area contributed by atoms with Crippen molar-refractivity contribution in [3.63, 3.8) is 0 Å². The van der Waals surface area contributed by atoms with Crippen molar-refractivity contribution in [2.24, 2.45) is 5.73 Å². The quantitative estimate of drug-likeness (QED) is 0.834. The lowest BCUT2D eigenvalue weighted by molar-refractivity contribution is -0.117. The maximum atomic E-state index is 10.7. The van der Waals surface area contributed by atoms with Crippen LogP contribution in [0, 0.1) is 0 Å². The van der Waals surface area contributed by atoms with Crippen LogP contribution in [0.25, 0.3) is 10.3 Å². The van der Waals surface area contributed by atoms with Crippen LogP contribution in [-0.4, -0.2) is 22.9 Å². The topological polar surface area (TPSA) is 80.9 Å². The summed E-state index contributed by atoms with van der Waals surface area (Å²) in [6.45, 7) is 0. The van der Waals surface area contributed by atoms with Gasteiger partial charge in [0.2, 0.25) is 5.91 Å². The summed E-state index contributed by atoms with van der Waals surface area (Å²) in [5.74, 6) is 0.515. The molecule has 0 unspecified atom stereocenters. The van der Waals surface area contributed by atoms with Gasteiger partial charge in [0.1, 0.15) is 16.2 Å². The number of nitrogens with zero attached hydrogens (tertiary/aromatic N) is 2. The number of nitrogens with one attached hydrogen (secondary N) is 1. The number of nitrogens with two attached hydrogens (primary N) is 1. The Morgan fingerprint density at radius 3 is 3.00 bits per heavy atom. The highest BCUT2D eigenvalue weighted by molar-refractivity contribution is 7.18. The van der Waals surface area contributed by atoms with Gasteiger partial charge in [-0.2, -0.15) is 0 Å². The summed E-state index contributed by atoms with van der Waals surface area (Å²) < 4.78 is 0. The lowest BCUT2D eigenvalue weighted by atomic mass is 10.3. The molecule has 0 aliphatic rings. The Labute approximate surface area is 96.7 Å². The molecule has 2 aromatic heterocycles. The Hall–Kier alpha value is -1.69. The minimum absolute atomic E-state index is 0.303. The molecule has 0 radical (unpaired) electrons. The van der Waals surface area contributed by atoms with E-state index in [1.54, 1.807) is 0 Å². The molecule has 3 N–H and O–H groups in total. The van der Waals surface area contributed by atoms with Crippen molar-refractivity contribution >= 4 is 33.4 Å². The van der Waals surface area contributed by atoms with Gasteiger partial charge < -0.3 is 11.1 Å². The van der Waals surface area contributed by atoms with Crippen molar-refractivity contribution in [3.8, 4) is 0 Å². The second-order valence-electron chi connectivity index (χ2n) is 3.34. The highest BCUT2D eigenvalue weighted by atomic mass is 32.1. The van der Waals surface area contributed by atoms with Crippen LogP contribution in [0.3, 0.4) is 0 Å². The first-order valence-corrected chi connectivity index (χ1v) is 5.73. The first-order chi connectivity index (χ1) is 7.69. The lowest BCUT2D eigenvalue weighted by Crippen LogP contribution is -2.10. The van der Waals surface area contributed by atoms with Crippen molar-refractivity contribution in [1.29, 1.82) is 0 Å². The largest absolute Gasteiger partial charge is 0.373 e. The van der Waals surface area contributed by atoms with Crippen LogP contribution in [0.2, 0.25) is 0 Å². The zero-order valence-electron chi connectivity index (χ0n) is 8.86. The number of carbonyl (C=O) groups is 1. The number of fused-ring (bicyclic) bond motifs is 1. The van der Waals surface area contributed by atoms with Gasteiger partial charge in [0, 0.05) is 19.9 Å². The molecule has 5 nitrogen and oxygen atoms in total. The molecule has 0 fully saturated rings. The monoisotopic (exact) mass is 236 g/mol. The smallest absolute Gasteiger partial charge is 0.217 e. The Balaban J connectivity index is 2.25. The lowest BCUT2D eigenvalue weighted by Gasteiger charge is -1.95. The van der Waals surface area contributed by atoms with Crippen molar-refractivity contribution in [2.75, 3.05) is 12.4 Å². The van der Waals surface area contributed by atoms with Gasteiger partial charge in [0.05, 0.1) is 5.01 Å². The third-order valence-corrected chi connectivity index (χ3v) is 3.17. The van der Waals surface area contributed by atoms with E-state index in [0.29, 0.717) is 12.8 Å². The number of carbonyl (C=O) groups excluding carboxylic acids is 1. The Morgan fingerprint density at radius 1 is 1.50 bits per heavy atom. The third-order valence-electron chi connectivity index (χ3n) is 2.14. The molecule has 0 atom stereocenters. The summed E-state index contributed by atoms with van der Waals surface area (Å²) in [7, 11) is 1.82. The highest BCUT2D eigenvalue weighted by Crippen LogP contribution is 2.22. The number of thiazole rings is 1. The summed E-state index contributed by atoms with van der Waals surface area (Å²) >= 11 is 1.50.